The SMILES string of the molecule is CNCCN1C(=O)CC[C@H]2CN(C(=O)CN(C)C3CCCC3)CC[C@H]21. The van der Waals surface area contributed by atoms with Crippen LogP contribution in [0.1, 0.15) is 44.9 Å². The van der Waals surface area contributed by atoms with E-state index in [0.29, 0.717) is 31.0 Å². The summed E-state index contributed by atoms with van der Waals surface area (Å²) in [4.78, 5) is 31.4. The average Bonchev–Trinajstić information content (AvgIpc) is 3.15. The van der Waals surface area contributed by atoms with E-state index in [0.717, 1.165) is 39.0 Å². The maximum absolute atomic E-state index is 12.8. The van der Waals surface area contributed by atoms with E-state index in [1.165, 1.54) is 25.7 Å². The van der Waals surface area contributed by atoms with Gasteiger partial charge >= 0.3 is 0 Å². The molecular formula is C19H34N4O2. The van der Waals surface area contributed by atoms with Crippen LogP contribution in [0.3, 0.4) is 0 Å². The van der Waals surface area contributed by atoms with E-state index >= 15 is 0 Å². The van der Waals surface area contributed by atoms with Crippen LogP contribution in [0.4, 0.5) is 0 Å². The molecule has 0 radical (unpaired) electrons. The van der Waals surface area contributed by atoms with Crippen LogP contribution < -0.4 is 5.32 Å². The molecule has 2 saturated heterocycles. The number of amides is 2. The molecule has 0 unspecified atom stereocenters. The van der Waals surface area contributed by atoms with Gasteiger partial charge in [0.1, 0.15) is 0 Å². The first kappa shape index (κ1) is 18.6. The van der Waals surface area contributed by atoms with Crippen molar-refractivity contribution in [1.29, 1.82) is 0 Å². The van der Waals surface area contributed by atoms with Gasteiger partial charge in [-0.3, -0.25) is 14.5 Å². The zero-order chi connectivity index (χ0) is 17.8. The van der Waals surface area contributed by atoms with Gasteiger partial charge in [-0.05, 0) is 45.7 Å². The largest absolute Gasteiger partial charge is 0.341 e. The van der Waals surface area contributed by atoms with Crippen LogP contribution in [0.5, 0.6) is 0 Å². The van der Waals surface area contributed by atoms with Gasteiger partial charge in [0, 0.05) is 44.7 Å². The normalized spacial score (nSPS) is 27.9. The topological polar surface area (TPSA) is 55.9 Å². The molecule has 2 heterocycles. The molecule has 1 aliphatic carbocycles. The van der Waals surface area contributed by atoms with Crippen molar-refractivity contribution < 1.29 is 9.59 Å². The number of hydrogen-bond acceptors (Lipinski definition) is 4. The quantitative estimate of drug-likeness (QED) is 0.774. The molecule has 0 aromatic heterocycles. The fourth-order valence-corrected chi connectivity index (χ4v) is 4.89. The van der Waals surface area contributed by atoms with Crippen molar-refractivity contribution in [2.45, 2.75) is 57.0 Å². The Balaban J connectivity index is 1.53. The highest BCUT2D eigenvalue weighted by Gasteiger charge is 2.40. The number of carbonyl (C=O) groups excluding carboxylic acids is 2. The molecule has 6 nitrogen and oxygen atoms in total. The summed E-state index contributed by atoms with van der Waals surface area (Å²) in [6.07, 6.45) is 7.56. The van der Waals surface area contributed by atoms with Gasteiger partial charge in [0.2, 0.25) is 11.8 Å². The van der Waals surface area contributed by atoms with Gasteiger partial charge in [0.05, 0.1) is 6.54 Å². The van der Waals surface area contributed by atoms with Crippen LogP contribution in [0.25, 0.3) is 0 Å². The molecule has 0 spiro atoms. The summed E-state index contributed by atoms with van der Waals surface area (Å²) in [6, 6.07) is 0.914. The van der Waals surface area contributed by atoms with Crippen molar-refractivity contribution in [1.82, 2.24) is 20.0 Å². The fraction of sp³-hybridized carbons (Fsp3) is 0.895. The van der Waals surface area contributed by atoms with Crippen molar-refractivity contribution >= 4 is 11.8 Å². The van der Waals surface area contributed by atoms with Crippen molar-refractivity contribution in [3.8, 4) is 0 Å². The first-order chi connectivity index (χ1) is 12.1. The minimum absolute atomic E-state index is 0.270. The first-order valence-electron chi connectivity index (χ1n) is 10.0. The second-order valence-corrected chi connectivity index (χ2v) is 8.04. The molecule has 142 valence electrons. The molecule has 2 aliphatic heterocycles. The molecule has 1 saturated carbocycles. The molecule has 1 N–H and O–H groups in total. The lowest BCUT2D eigenvalue weighted by Gasteiger charge is -2.47. The molecule has 2 amide bonds. The van der Waals surface area contributed by atoms with Gasteiger partial charge in [-0.1, -0.05) is 12.8 Å². The number of rotatable bonds is 6. The Morgan fingerprint density at radius 2 is 2.00 bits per heavy atom. The van der Waals surface area contributed by atoms with Crippen LogP contribution in [-0.4, -0.2) is 85.4 Å². The average molecular weight is 351 g/mol. The van der Waals surface area contributed by atoms with Crippen LogP contribution in [0.15, 0.2) is 0 Å². The van der Waals surface area contributed by atoms with Crippen LogP contribution in [0.2, 0.25) is 0 Å². The van der Waals surface area contributed by atoms with E-state index in [9.17, 15) is 9.59 Å². The maximum Gasteiger partial charge on any atom is 0.236 e. The van der Waals surface area contributed by atoms with Crippen molar-refractivity contribution in [3.05, 3.63) is 0 Å². The summed E-state index contributed by atoms with van der Waals surface area (Å²) in [6.45, 7) is 3.79. The smallest absolute Gasteiger partial charge is 0.236 e. The maximum atomic E-state index is 12.8. The molecule has 2 atom stereocenters. The Bertz CT molecular complexity index is 478. The minimum atomic E-state index is 0.270. The van der Waals surface area contributed by atoms with Crippen LogP contribution >= 0.6 is 0 Å². The molecular weight excluding hydrogens is 316 g/mol. The molecule has 0 bridgehead atoms. The number of hydrogen-bond donors (Lipinski definition) is 1. The van der Waals surface area contributed by atoms with Gasteiger partial charge in [0.25, 0.3) is 0 Å². The Morgan fingerprint density at radius 3 is 2.72 bits per heavy atom. The summed E-state index contributed by atoms with van der Waals surface area (Å²) in [7, 11) is 4.02. The molecule has 3 rings (SSSR count). The zero-order valence-electron chi connectivity index (χ0n) is 15.9. The lowest BCUT2D eigenvalue weighted by Crippen LogP contribution is -2.58. The third kappa shape index (κ3) is 4.34. The Kier molecular flexibility index (Phi) is 6.34. The van der Waals surface area contributed by atoms with Crippen molar-refractivity contribution in [2.75, 3.05) is 46.8 Å². The number of nitrogens with one attached hydrogen (secondary N) is 1. The lowest BCUT2D eigenvalue weighted by molar-refractivity contribution is -0.144. The lowest BCUT2D eigenvalue weighted by atomic mass is 9.83. The van der Waals surface area contributed by atoms with Crippen molar-refractivity contribution in [3.63, 3.8) is 0 Å². The molecule has 25 heavy (non-hydrogen) atoms. The number of piperidine rings is 2. The van der Waals surface area contributed by atoms with E-state index in [-0.39, 0.29) is 11.8 Å². The van der Waals surface area contributed by atoms with Crippen molar-refractivity contribution in [2.24, 2.45) is 5.92 Å². The summed E-state index contributed by atoms with van der Waals surface area (Å²) in [5.74, 6) is 1.01. The molecule has 3 aliphatic rings. The summed E-state index contributed by atoms with van der Waals surface area (Å²) in [5, 5.41) is 3.14. The van der Waals surface area contributed by atoms with Gasteiger partial charge in [-0.15, -0.1) is 0 Å². The zero-order valence-corrected chi connectivity index (χ0v) is 15.9. The molecule has 3 fully saturated rings. The second kappa shape index (κ2) is 8.49. The summed E-state index contributed by atoms with van der Waals surface area (Å²) < 4.78 is 0. The third-order valence-corrected chi connectivity index (χ3v) is 6.43. The number of likely N-dealkylation sites (N-methyl/N-ethyl adjacent to an activating group) is 2. The minimum Gasteiger partial charge on any atom is -0.341 e. The number of nitrogens with zero attached hydrogens (tertiary/aromatic N) is 3. The number of fused-ring (bicyclic) bond motifs is 1. The monoisotopic (exact) mass is 350 g/mol. The van der Waals surface area contributed by atoms with E-state index in [2.05, 4.69) is 27.1 Å². The number of carbonyl (C=O) groups is 2. The molecule has 6 heteroatoms. The van der Waals surface area contributed by atoms with Crippen LogP contribution in [-0.2, 0) is 9.59 Å². The molecule has 0 aromatic rings. The number of likely N-dealkylation sites (tertiary alicyclic amines) is 2. The predicted octanol–water partition coefficient (Wildman–Crippen LogP) is 0.920. The van der Waals surface area contributed by atoms with Gasteiger partial charge in [-0.2, -0.15) is 0 Å². The van der Waals surface area contributed by atoms with E-state index in [4.69, 9.17) is 0 Å². The fourth-order valence-electron chi connectivity index (χ4n) is 4.89. The summed E-state index contributed by atoms with van der Waals surface area (Å²) in [5.41, 5.74) is 0. The van der Waals surface area contributed by atoms with E-state index < -0.39 is 0 Å². The molecule has 0 aromatic carbocycles. The Hall–Kier alpha value is -1.14. The Morgan fingerprint density at radius 1 is 1.24 bits per heavy atom. The van der Waals surface area contributed by atoms with Gasteiger partial charge < -0.3 is 15.1 Å². The first-order valence-corrected chi connectivity index (χ1v) is 10.0. The van der Waals surface area contributed by atoms with Gasteiger partial charge in [0.15, 0.2) is 0 Å². The highest BCUT2D eigenvalue weighted by atomic mass is 16.2. The highest BCUT2D eigenvalue weighted by molar-refractivity contribution is 5.79. The highest BCUT2D eigenvalue weighted by Crippen LogP contribution is 2.31. The third-order valence-electron chi connectivity index (χ3n) is 6.43. The Labute approximate surface area is 151 Å². The standard InChI is InChI=1S/C19H34N4O2/c1-20-10-12-23-17-9-11-22(13-15(17)7-8-18(23)24)19(25)14-21(2)16-5-3-4-6-16/h15-17,20H,3-14H2,1-2H3/t15-,17+/m0/s1. The van der Waals surface area contributed by atoms with E-state index in [1.54, 1.807) is 0 Å². The predicted molar refractivity (Wildman–Crippen MR) is 98.2 cm³/mol. The van der Waals surface area contributed by atoms with Gasteiger partial charge in [-0.25, -0.2) is 0 Å². The van der Waals surface area contributed by atoms with E-state index in [1.807, 2.05) is 7.05 Å². The summed E-state index contributed by atoms with van der Waals surface area (Å²) >= 11 is 0. The van der Waals surface area contributed by atoms with Crippen LogP contribution in [0, 0.1) is 5.92 Å². The second-order valence-electron chi connectivity index (χ2n) is 8.04.